The van der Waals surface area contributed by atoms with E-state index < -0.39 is 0 Å². The summed E-state index contributed by atoms with van der Waals surface area (Å²) in [6.07, 6.45) is 4.82. The molecule has 0 aliphatic rings. The number of hydrogen-bond acceptors (Lipinski definition) is 4. The smallest absolute Gasteiger partial charge is 0.270 e. The summed E-state index contributed by atoms with van der Waals surface area (Å²) in [5.41, 5.74) is 0.957. The minimum atomic E-state index is -0.247. The number of nitrogens with zero attached hydrogens (tertiary/aromatic N) is 3. The minimum Gasteiger partial charge on any atom is -0.354 e. The van der Waals surface area contributed by atoms with Crippen LogP contribution in [0.2, 0.25) is 0 Å². The fraction of sp³-hybridized carbons (Fsp3) is 0.0909. The first-order chi connectivity index (χ1) is 7.83. The zero-order valence-corrected chi connectivity index (χ0v) is 8.71. The van der Waals surface area contributed by atoms with Crippen molar-refractivity contribution in [2.75, 3.05) is 7.05 Å². The number of rotatable bonds is 2. The Balaban J connectivity index is 2.53. The van der Waals surface area contributed by atoms with Crippen molar-refractivity contribution in [1.82, 2.24) is 20.3 Å². The van der Waals surface area contributed by atoms with Gasteiger partial charge < -0.3 is 5.32 Å². The topological polar surface area (TPSA) is 67.8 Å². The Kier molecular flexibility index (Phi) is 2.86. The highest BCUT2D eigenvalue weighted by Crippen LogP contribution is 2.16. The fourth-order valence-electron chi connectivity index (χ4n) is 1.32. The van der Waals surface area contributed by atoms with Crippen LogP contribution in [0.4, 0.5) is 0 Å². The third-order valence-electron chi connectivity index (χ3n) is 2.06. The van der Waals surface area contributed by atoms with E-state index in [2.05, 4.69) is 20.3 Å². The Morgan fingerprint density at radius 1 is 1.12 bits per heavy atom. The first kappa shape index (κ1) is 10.2. The number of aromatic nitrogens is 3. The standard InChI is InChI=1S/C11H10N4O/c1-12-11(16)9-8(4-2-5-13-9)10-14-6-3-7-15-10/h2-7H,1H3,(H,12,16). The molecule has 80 valence electrons. The van der Waals surface area contributed by atoms with Gasteiger partial charge in [-0.25, -0.2) is 9.97 Å². The summed E-state index contributed by atoms with van der Waals surface area (Å²) in [4.78, 5) is 23.8. The summed E-state index contributed by atoms with van der Waals surface area (Å²) in [5.74, 6) is 0.247. The van der Waals surface area contributed by atoms with Crippen molar-refractivity contribution >= 4 is 5.91 Å². The van der Waals surface area contributed by atoms with E-state index in [1.54, 1.807) is 43.8 Å². The summed E-state index contributed by atoms with van der Waals surface area (Å²) >= 11 is 0. The normalized spacial score (nSPS) is 9.81. The van der Waals surface area contributed by atoms with Gasteiger partial charge in [0.15, 0.2) is 5.82 Å². The van der Waals surface area contributed by atoms with Gasteiger partial charge in [-0.15, -0.1) is 0 Å². The van der Waals surface area contributed by atoms with Gasteiger partial charge in [-0.2, -0.15) is 0 Å². The molecule has 0 spiro atoms. The lowest BCUT2D eigenvalue weighted by Gasteiger charge is -2.04. The van der Waals surface area contributed by atoms with E-state index in [9.17, 15) is 4.79 Å². The molecule has 1 N–H and O–H groups in total. The summed E-state index contributed by atoms with van der Waals surface area (Å²) < 4.78 is 0. The molecule has 0 bridgehead atoms. The molecule has 16 heavy (non-hydrogen) atoms. The number of hydrogen-bond donors (Lipinski definition) is 1. The molecule has 2 heterocycles. The average molecular weight is 214 g/mol. The number of pyridine rings is 1. The van der Waals surface area contributed by atoms with Crippen molar-refractivity contribution < 1.29 is 4.79 Å². The maximum Gasteiger partial charge on any atom is 0.270 e. The SMILES string of the molecule is CNC(=O)c1ncccc1-c1ncccn1. The molecule has 0 aromatic carbocycles. The third-order valence-corrected chi connectivity index (χ3v) is 2.06. The average Bonchev–Trinajstić information content (AvgIpc) is 2.39. The van der Waals surface area contributed by atoms with Crippen LogP contribution in [0, 0.1) is 0 Å². The highest BCUT2D eigenvalue weighted by atomic mass is 16.1. The second kappa shape index (κ2) is 4.48. The van der Waals surface area contributed by atoms with Crippen LogP contribution < -0.4 is 5.32 Å². The molecule has 0 saturated carbocycles. The Bertz CT molecular complexity index is 498. The van der Waals surface area contributed by atoms with Gasteiger partial charge in [0, 0.05) is 25.6 Å². The lowest BCUT2D eigenvalue weighted by molar-refractivity contribution is 0.0959. The number of carbonyl (C=O) groups excluding carboxylic acids is 1. The van der Waals surface area contributed by atoms with E-state index in [0.29, 0.717) is 17.1 Å². The van der Waals surface area contributed by atoms with Crippen LogP contribution >= 0.6 is 0 Å². The van der Waals surface area contributed by atoms with Crippen LogP contribution in [0.5, 0.6) is 0 Å². The monoisotopic (exact) mass is 214 g/mol. The van der Waals surface area contributed by atoms with E-state index in [1.165, 1.54) is 0 Å². The molecule has 0 aliphatic carbocycles. The molecule has 0 unspecified atom stereocenters. The van der Waals surface area contributed by atoms with Crippen LogP contribution in [0.1, 0.15) is 10.5 Å². The van der Waals surface area contributed by atoms with Gasteiger partial charge in [0.1, 0.15) is 5.69 Å². The Morgan fingerprint density at radius 2 is 1.81 bits per heavy atom. The first-order valence-corrected chi connectivity index (χ1v) is 4.77. The highest BCUT2D eigenvalue weighted by molar-refractivity contribution is 5.97. The molecule has 2 aromatic rings. The third kappa shape index (κ3) is 1.88. The van der Waals surface area contributed by atoms with Gasteiger partial charge >= 0.3 is 0 Å². The molecule has 1 amide bonds. The Labute approximate surface area is 92.6 Å². The maximum absolute atomic E-state index is 11.6. The van der Waals surface area contributed by atoms with E-state index in [4.69, 9.17) is 0 Å². The number of amides is 1. The first-order valence-electron chi connectivity index (χ1n) is 4.77. The zero-order valence-electron chi connectivity index (χ0n) is 8.71. The zero-order chi connectivity index (χ0) is 11.4. The van der Waals surface area contributed by atoms with Gasteiger partial charge in [-0.1, -0.05) is 0 Å². The van der Waals surface area contributed by atoms with Crippen LogP contribution in [0.15, 0.2) is 36.8 Å². The second-order valence-electron chi connectivity index (χ2n) is 3.05. The fourth-order valence-corrected chi connectivity index (χ4v) is 1.32. The van der Waals surface area contributed by atoms with Gasteiger partial charge in [-0.05, 0) is 18.2 Å². The van der Waals surface area contributed by atoms with Crippen LogP contribution in [0.3, 0.4) is 0 Å². The molecule has 0 radical (unpaired) electrons. The van der Waals surface area contributed by atoms with Crippen molar-refractivity contribution in [2.45, 2.75) is 0 Å². The van der Waals surface area contributed by atoms with Crippen LogP contribution in [-0.2, 0) is 0 Å². The largest absolute Gasteiger partial charge is 0.354 e. The number of nitrogens with one attached hydrogen (secondary N) is 1. The Morgan fingerprint density at radius 3 is 2.50 bits per heavy atom. The molecule has 5 nitrogen and oxygen atoms in total. The Hall–Kier alpha value is -2.30. The van der Waals surface area contributed by atoms with Gasteiger partial charge in [0.2, 0.25) is 0 Å². The van der Waals surface area contributed by atoms with E-state index in [0.717, 1.165) is 0 Å². The molecular weight excluding hydrogens is 204 g/mol. The summed E-state index contributed by atoms with van der Waals surface area (Å²) in [7, 11) is 1.56. The molecule has 2 aromatic heterocycles. The molecule has 0 saturated heterocycles. The lowest BCUT2D eigenvalue weighted by Crippen LogP contribution is -2.20. The predicted octanol–water partition coefficient (Wildman–Crippen LogP) is 0.898. The minimum absolute atomic E-state index is 0.247. The van der Waals surface area contributed by atoms with Crippen molar-refractivity contribution in [3.05, 3.63) is 42.5 Å². The van der Waals surface area contributed by atoms with Crippen molar-refractivity contribution in [3.63, 3.8) is 0 Å². The molecule has 0 atom stereocenters. The highest BCUT2D eigenvalue weighted by Gasteiger charge is 2.13. The summed E-state index contributed by atoms with van der Waals surface area (Å²) in [5, 5.41) is 2.53. The molecule has 0 fully saturated rings. The molecular formula is C11H10N4O. The summed E-state index contributed by atoms with van der Waals surface area (Å²) in [6.45, 7) is 0. The van der Waals surface area contributed by atoms with Crippen molar-refractivity contribution in [3.8, 4) is 11.4 Å². The lowest BCUT2D eigenvalue weighted by atomic mass is 10.1. The van der Waals surface area contributed by atoms with Gasteiger partial charge in [0.05, 0.1) is 5.56 Å². The molecule has 0 aliphatic heterocycles. The van der Waals surface area contributed by atoms with E-state index >= 15 is 0 Å². The maximum atomic E-state index is 11.6. The van der Waals surface area contributed by atoms with Crippen molar-refractivity contribution in [2.24, 2.45) is 0 Å². The second-order valence-corrected chi connectivity index (χ2v) is 3.05. The van der Waals surface area contributed by atoms with E-state index in [1.807, 2.05) is 0 Å². The van der Waals surface area contributed by atoms with Crippen LogP contribution in [-0.4, -0.2) is 27.9 Å². The quantitative estimate of drug-likeness (QED) is 0.806. The van der Waals surface area contributed by atoms with Crippen molar-refractivity contribution in [1.29, 1.82) is 0 Å². The number of carbonyl (C=O) groups is 1. The predicted molar refractivity (Wildman–Crippen MR) is 58.7 cm³/mol. The summed E-state index contributed by atoms with van der Waals surface area (Å²) in [6, 6.07) is 5.24. The molecule has 5 heteroatoms. The van der Waals surface area contributed by atoms with Gasteiger partial charge in [-0.3, -0.25) is 9.78 Å². The van der Waals surface area contributed by atoms with Crippen LogP contribution in [0.25, 0.3) is 11.4 Å². The van der Waals surface area contributed by atoms with E-state index in [-0.39, 0.29) is 5.91 Å². The molecule has 2 rings (SSSR count). The van der Waals surface area contributed by atoms with Gasteiger partial charge in [0.25, 0.3) is 5.91 Å².